The zero-order valence-electron chi connectivity index (χ0n) is 12.8. The molecule has 0 rings (SSSR count). The monoisotopic (exact) mass is 372 g/mol. The van der Waals surface area contributed by atoms with Gasteiger partial charge in [-0.05, 0) is 0 Å². The van der Waals surface area contributed by atoms with Crippen molar-refractivity contribution in [3.63, 3.8) is 0 Å². The van der Waals surface area contributed by atoms with Crippen molar-refractivity contribution in [2.75, 3.05) is 79.8 Å². The molecule has 0 aromatic heterocycles. The van der Waals surface area contributed by atoms with Crippen molar-refractivity contribution < 1.29 is 33.5 Å². The van der Waals surface area contributed by atoms with E-state index >= 15 is 0 Å². The summed E-state index contributed by atoms with van der Waals surface area (Å²) >= 11 is 1.51. The first-order chi connectivity index (χ1) is 10.3. The molecule has 1 N–H and O–H groups in total. The van der Waals surface area contributed by atoms with Crippen LogP contribution in [-0.4, -0.2) is 107 Å². The van der Waals surface area contributed by atoms with Gasteiger partial charge in [0.25, 0.3) is 0 Å². The van der Waals surface area contributed by atoms with Crippen LogP contribution >= 0.6 is 0 Å². The quantitative estimate of drug-likeness (QED) is 0.250. The molecule has 8 heteroatoms. The van der Waals surface area contributed by atoms with Crippen LogP contribution in [0, 0.1) is 0 Å². The van der Waals surface area contributed by atoms with Gasteiger partial charge in [-0.2, -0.15) is 0 Å². The zero-order valence-corrected chi connectivity index (χ0v) is 15.3. The van der Waals surface area contributed by atoms with Crippen LogP contribution in [0.4, 0.5) is 0 Å². The fourth-order valence-electron chi connectivity index (χ4n) is 1.30. The van der Waals surface area contributed by atoms with E-state index in [1.807, 2.05) is 0 Å². The Labute approximate surface area is 135 Å². The predicted octanol–water partition coefficient (Wildman–Crippen LogP) is -1.33. The van der Waals surface area contributed by atoms with Gasteiger partial charge in [-0.15, -0.1) is 0 Å². The molecule has 0 aliphatic carbocycles. The molecular weight excluding hydrogens is 343 g/mol. The molecule has 0 aliphatic rings. The molecule has 0 bridgehead atoms. The molecule has 2 unspecified atom stereocenters. The van der Waals surface area contributed by atoms with Crippen molar-refractivity contribution >= 4 is 16.9 Å². The SMILES string of the molecule is COCC([AsH2])OCCOCCOCCOCCOCCO. The second-order valence-electron chi connectivity index (χ2n) is 4.04. The number of methoxy groups -OCH3 is 1. The third kappa shape index (κ3) is 18.2. The van der Waals surface area contributed by atoms with Crippen LogP contribution in [0.15, 0.2) is 0 Å². The molecule has 0 heterocycles. The first kappa shape index (κ1) is 21.3. The van der Waals surface area contributed by atoms with Gasteiger partial charge in [0.1, 0.15) is 0 Å². The molecule has 0 aliphatic heterocycles. The van der Waals surface area contributed by atoms with Gasteiger partial charge < -0.3 is 9.84 Å². The van der Waals surface area contributed by atoms with E-state index < -0.39 is 0 Å². The standard InChI is InChI=1S/C13H29AsO7/c1-16-12-13(14)21-11-10-20-9-8-19-7-6-18-5-4-17-3-2-15/h13,15H,2-12,14H2,1H3. The van der Waals surface area contributed by atoms with Crippen LogP contribution in [0.1, 0.15) is 0 Å². The number of ether oxygens (including phenoxy) is 6. The van der Waals surface area contributed by atoms with E-state index in [9.17, 15) is 0 Å². The summed E-state index contributed by atoms with van der Waals surface area (Å²) in [5.74, 6) is 0. The number of hydrogen-bond acceptors (Lipinski definition) is 7. The van der Waals surface area contributed by atoms with Crippen molar-refractivity contribution in [3.8, 4) is 0 Å². The van der Waals surface area contributed by atoms with E-state index in [-0.39, 0.29) is 11.5 Å². The summed E-state index contributed by atoms with van der Waals surface area (Å²) in [6.45, 7) is 5.31. The number of aliphatic hydroxyl groups excluding tert-OH is 1. The van der Waals surface area contributed by atoms with Crippen molar-refractivity contribution in [3.05, 3.63) is 0 Å². The molecule has 0 saturated heterocycles. The summed E-state index contributed by atoms with van der Waals surface area (Å²) in [6, 6.07) is 0. The van der Waals surface area contributed by atoms with Gasteiger partial charge in [-0.1, -0.05) is 0 Å². The summed E-state index contributed by atoms with van der Waals surface area (Å²) in [4.78, 5) is 0.154. The summed E-state index contributed by atoms with van der Waals surface area (Å²) in [7, 11) is 1.66. The van der Waals surface area contributed by atoms with E-state index in [1.165, 1.54) is 16.9 Å². The maximum atomic E-state index is 8.48. The van der Waals surface area contributed by atoms with Gasteiger partial charge in [-0.25, -0.2) is 0 Å². The fraction of sp³-hybridized carbons (Fsp3) is 1.00. The second-order valence-corrected chi connectivity index (χ2v) is 5.60. The summed E-state index contributed by atoms with van der Waals surface area (Å²) in [5, 5.41) is 8.48. The van der Waals surface area contributed by atoms with Crippen LogP contribution in [0.25, 0.3) is 0 Å². The number of hydrogen-bond donors (Lipinski definition) is 1. The van der Waals surface area contributed by atoms with Gasteiger partial charge in [0, 0.05) is 0 Å². The third-order valence-corrected chi connectivity index (χ3v) is 3.05. The zero-order chi connectivity index (χ0) is 15.6. The Morgan fingerprint density at radius 2 is 1.19 bits per heavy atom. The van der Waals surface area contributed by atoms with Crippen LogP contribution in [0.5, 0.6) is 0 Å². The van der Waals surface area contributed by atoms with E-state index in [0.29, 0.717) is 66.1 Å². The van der Waals surface area contributed by atoms with Gasteiger partial charge in [0.15, 0.2) is 0 Å². The summed E-state index contributed by atoms with van der Waals surface area (Å²) in [5.41, 5.74) is 0. The minimum absolute atomic E-state index is 0.0420. The van der Waals surface area contributed by atoms with Crippen LogP contribution in [-0.2, 0) is 28.4 Å². The average Bonchev–Trinajstić information content (AvgIpc) is 2.48. The molecule has 0 saturated carbocycles. The van der Waals surface area contributed by atoms with E-state index in [0.717, 1.165) is 0 Å². The Balaban J connectivity index is 2.99. The molecule has 0 spiro atoms. The minimum atomic E-state index is 0.0420. The Bertz CT molecular complexity index is 197. The third-order valence-electron chi connectivity index (χ3n) is 2.24. The molecule has 0 radical (unpaired) electrons. The molecule has 7 nitrogen and oxygen atoms in total. The number of rotatable bonds is 17. The predicted molar refractivity (Wildman–Crippen MR) is 80.5 cm³/mol. The topological polar surface area (TPSA) is 75.6 Å². The molecule has 0 fully saturated rings. The number of aliphatic hydroxyl groups is 1. The van der Waals surface area contributed by atoms with Crippen LogP contribution in [0.3, 0.4) is 0 Å². The second kappa shape index (κ2) is 18.3. The molecule has 0 aromatic rings. The Kier molecular flexibility index (Phi) is 18.6. The molecular formula is C13H29AsO7. The minimum Gasteiger partial charge on any atom is -0.394 e. The Morgan fingerprint density at radius 1 is 0.762 bits per heavy atom. The molecule has 21 heavy (non-hydrogen) atoms. The Morgan fingerprint density at radius 3 is 1.62 bits per heavy atom. The van der Waals surface area contributed by atoms with Crippen LogP contribution < -0.4 is 0 Å². The first-order valence-electron chi connectivity index (χ1n) is 7.09. The van der Waals surface area contributed by atoms with E-state index in [1.54, 1.807) is 7.11 Å². The van der Waals surface area contributed by atoms with Gasteiger partial charge >= 0.3 is 105 Å². The van der Waals surface area contributed by atoms with E-state index in [2.05, 4.69) is 0 Å². The molecule has 128 valence electrons. The molecule has 0 amide bonds. The Hall–Kier alpha value is 0.278. The summed E-state index contributed by atoms with van der Waals surface area (Å²) < 4.78 is 31.5. The van der Waals surface area contributed by atoms with Crippen molar-refractivity contribution in [1.82, 2.24) is 0 Å². The van der Waals surface area contributed by atoms with Gasteiger partial charge in [0.2, 0.25) is 0 Å². The van der Waals surface area contributed by atoms with Gasteiger partial charge in [-0.3, -0.25) is 0 Å². The fourth-order valence-corrected chi connectivity index (χ4v) is 1.99. The van der Waals surface area contributed by atoms with Crippen molar-refractivity contribution in [1.29, 1.82) is 0 Å². The molecule has 2 atom stereocenters. The van der Waals surface area contributed by atoms with Crippen molar-refractivity contribution in [2.24, 2.45) is 0 Å². The maximum absolute atomic E-state index is 8.48. The van der Waals surface area contributed by atoms with E-state index in [4.69, 9.17) is 33.5 Å². The first-order valence-corrected chi connectivity index (χ1v) is 8.49. The average molecular weight is 372 g/mol. The van der Waals surface area contributed by atoms with Gasteiger partial charge in [0.05, 0.1) is 19.8 Å². The smallest absolute Gasteiger partial charge is 0.394 e. The normalized spacial score (nSPS) is 12.7. The molecule has 0 aromatic carbocycles. The summed E-state index contributed by atoms with van der Waals surface area (Å²) in [6.07, 6.45) is 0. The van der Waals surface area contributed by atoms with Crippen molar-refractivity contribution in [2.45, 2.75) is 4.89 Å². The van der Waals surface area contributed by atoms with Crippen LogP contribution in [0.2, 0.25) is 0 Å².